The Morgan fingerprint density at radius 3 is 2.55 bits per heavy atom. The zero-order chi connectivity index (χ0) is 39.8. The minimum Gasteiger partial charge on any atom is -0.508 e. The Hall–Kier alpha value is -6.05. The van der Waals surface area contributed by atoms with E-state index in [1.807, 2.05) is 6.92 Å². The summed E-state index contributed by atoms with van der Waals surface area (Å²) in [6.07, 6.45) is -0.548. The van der Waals surface area contributed by atoms with Crippen LogP contribution < -0.4 is 27.7 Å². The number of phenols is 1. The number of aryl methyl sites for hydroxylation is 1. The molecule has 19 heteroatoms. The van der Waals surface area contributed by atoms with E-state index in [4.69, 9.17) is 30.7 Å². The summed E-state index contributed by atoms with van der Waals surface area (Å²) in [5.74, 6) is -1.64. The van der Waals surface area contributed by atoms with Crippen molar-refractivity contribution in [2.45, 2.75) is 75.8 Å². The summed E-state index contributed by atoms with van der Waals surface area (Å²) >= 11 is 0. The number of carbonyl (C=O) groups excluding carboxylic acids is 4. The molecule has 290 valence electrons. The number of aromatic hydroxyl groups is 1. The number of ether oxygens (including phenoxy) is 3. The van der Waals surface area contributed by atoms with E-state index < -0.39 is 62.9 Å². The number of nitrogens with one attached hydrogen (secondary N) is 2. The van der Waals surface area contributed by atoms with Crippen molar-refractivity contribution in [2.24, 2.45) is 11.5 Å². The van der Waals surface area contributed by atoms with Crippen molar-refractivity contribution < 1.29 is 51.5 Å². The molecule has 0 saturated heterocycles. The van der Waals surface area contributed by atoms with Gasteiger partial charge in [0.05, 0.1) is 29.0 Å². The molecule has 0 aliphatic carbocycles. The lowest BCUT2D eigenvalue weighted by Crippen LogP contribution is -2.47. The number of primary amides is 1. The van der Waals surface area contributed by atoms with Crippen LogP contribution in [0, 0.1) is 0 Å². The van der Waals surface area contributed by atoms with Crippen LogP contribution in [0.15, 0.2) is 52.2 Å². The maximum Gasteiger partial charge on any atom is 0.510 e. The zero-order valence-corrected chi connectivity index (χ0v) is 30.5. The quantitative estimate of drug-likeness (QED) is 0.0785. The van der Waals surface area contributed by atoms with Crippen LogP contribution in [0.1, 0.15) is 60.9 Å². The fraction of sp³-hybridized carbons (Fsp3) is 0.333. The maximum absolute atomic E-state index is 14.0. The number of amides is 3. The van der Waals surface area contributed by atoms with Gasteiger partial charge in [0.1, 0.15) is 29.9 Å². The van der Waals surface area contributed by atoms with Crippen LogP contribution in [0.2, 0.25) is 0 Å². The van der Waals surface area contributed by atoms with Crippen LogP contribution in [0.25, 0.3) is 22.3 Å². The Bertz CT molecular complexity index is 2430. The molecule has 8 N–H and O–H groups in total. The Kier molecular flexibility index (Phi) is 10.5. The molecule has 0 fully saturated rings. The number of nitrogens with zero attached hydrogens (tertiary/aromatic N) is 2. The Morgan fingerprint density at radius 2 is 1.87 bits per heavy atom. The molecule has 2 aromatic carbocycles. The van der Waals surface area contributed by atoms with E-state index in [2.05, 4.69) is 10.6 Å². The summed E-state index contributed by atoms with van der Waals surface area (Å²) in [5.41, 5.74) is 11.0. The van der Waals surface area contributed by atoms with Crippen molar-refractivity contribution in [3.63, 3.8) is 0 Å². The molecule has 2 aromatic heterocycles. The van der Waals surface area contributed by atoms with Gasteiger partial charge < -0.3 is 46.0 Å². The van der Waals surface area contributed by atoms with Crippen molar-refractivity contribution in [3.05, 3.63) is 80.6 Å². The van der Waals surface area contributed by atoms with Crippen LogP contribution in [-0.4, -0.2) is 64.3 Å². The number of anilines is 1. The molecule has 4 heterocycles. The average molecular weight is 779 g/mol. The Labute approximate surface area is 313 Å². The molecule has 2 aliphatic rings. The van der Waals surface area contributed by atoms with E-state index in [-0.39, 0.29) is 60.7 Å². The van der Waals surface area contributed by atoms with E-state index in [1.165, 1.54) is 16.7 Å². The van der Waals surface area contributed by atoms with E-state index in [0.717, 1.165) is 28.6 Å². The smallest absolute Gasteiger partial charge is 0.508 e. The molecule has 3 amide bonds. The summed E-state index contributed by atoms with van der Waals surface area (Å²) in [5, 5.41) is 15.6. The highest BCUT2D eigenvalue weighted by atomic mass is 32.2. The number of esters is 1. The number of hydrogen-bond acceptors (Lipinski definition) is 13. The number of phenolic OH excluding ortho intramolecular Hbond substituents is 1. The highest BCUT2D eigenvalue weighted by Gasteiger charge is 2.51. The third kappa shape index (κ3) is 7.28. The number of pyridine rings is 2. The van der Waals surface area contributed by atoms with Crippen LogP contribution in [0.5, 0.6) is 5.75 Å². The first-order chi connectivity index (χ1) is 26.1. The van der Waals surface area contributed by atoms with Gasteiger partial charge in [0.15, 0.2) is 0 Å². The van der Waals surface area contributed by atoms with Gasteiger partial charge >= 0.3 is 18.2 Å². The topological polar surface area (TPSA) is 282 Å². The molecular weight excluding hydrogens is 740 g/mol. The van der Waals surface area contributed by atoms with Gasteiger partial charge in [0.25, 0.3) is 15.7 Å². The lowest BCUT2D eigenvalue weighted by atomic mass is 9.85. The molecule has 0 unspecified atom stereocenters. The fourth-order valence-corrected chi connectivity index (χ4v) is 7.74. The SMILES string of the molecule is CCc1c2c(nc3ccc(O)cc13)-c1cc3c(c(=O)n1C2)COC(=O)[C@@]3(CC)OC(=O)OCc1ccc(NC(=O)[C@H](CCCN)NC(N)=O)cc1S(=O)(=O)O. The van der Waals surface area contributed by atoms with E-state index in [1.54, 1.807) is 25.1 Å². The second kappa shape index (κ2) is 15.0. The largest absolute Gasteiger partial charge is 0.510 e. The van der Waals surface area contributed by atoms with Gasteiger partial charge in [-0.2, -0.15) is 8.42 Å². The molecule has 0 radical (unpaired) electrons. The van der Waals surface area contributed by atoms with E-state index in [0.29, 0.717) is 29.7 Å². The van der Waals surface area contributed by atoms with Crippen molar-refractivity contribution in [3.8, 4) is 17.1 Å². The lowest BCUT2D eigenvalue weighted by molar-refractivity contribution is -0.175. The number of hydrogen-bond donors (Lipinski definition) is 6. The second-order valence-electron chi connectivity index (χ2n) is 13.0. The highest BCUT2D eigenvalue weighted by molar-refractivity contribution is 7.85. The van der Waals surface area contributed by atoms with Gasteiger partial charge in [-0.15, -0.1) is 0 Å². The first-order valence-corrected chi connectivity index (χ1v) is 18.7. The number of urea groups is 1. The number of rotatable bonds is 12. The zero-order valence-electron chi connectivity index (χ0n) is 29.7. The standard InChI is InChI=1S/C36H38N6O12S/c1-3-21-22-13-20(43)9-10-26(22)40-30-23(21)15-42-28(30)14-25-24(32(42)45)17-52-33(46)36(25,4-2)54-35(48)53-16-18-7-8-19(12-29(18)55(49,50)51)39-31(44)27(6-5-11-37)41-34(38)47/h7-10,12-14,27,43H,3-6,11,15-17,37H2,1-2H3,(H,39,44)(H3,38,41,47)(H,49,50,51)/t27-,36-/m0/s1. The van der Waals surface area contributed by atoms with Gasteiger partial charge in [0.2, 0.25) is 11.5 Å². The van der Waals surface area contributed by atoms with E-state index in [9.17, 15) is 42.0 Å². The molecule has 55 heavy (non-hydrogen) atoms. The molecule has 18 nitrogen and oxygen atoms in total. The second-order valence-corrected chi connectivity index (χ2v) is 14.4. The van der Waals surface area contributed by atoms with Gasteiger partial charge in [-0.25, -0.2) is 19.4 Å². The minimum atomic E-state index is -4.96. The number of benzene rings is 2. The van der Waals surface area contributed by atoms with Crippen LogP contribution in [0.4, 0.5) is 15.3 Å². The van der Waals surface area contributed by atoms with Gasteiger partial charge in [-0.05, 0) is 74.2 Å². The number of fused-ring (bicyclic) bond motifs is 5. The van der Waals surface area contributed by atoms with Gasteiger partial charge in [0, 0.05) is 27.8 Å². The third-order valence-electron chi connectivity index (χ3n) is 9.66. The first-order valence-electron chi connectivity index (χ1n) is 17.2. The summed E-state index contributed by atoms with van der Waals surface area (Å²) in [7, 11) is -4.96. The maximum atomic E-state index is 14.0. The van der Waals surface area contributed by atoms with Gasteiger partial charge in [-0.3, -0.25) is 14.1 Å². The molecule has 0 saturated carbocycles. The molecule has 0 spiro atoms. The van der Waals surface area contributed by atoms with Crippen molar-refractivity contribution >= 4 is 50.8 Å². The molecule has 4 aromatic rings. The fourth-order valence-electron chi connectivity index (χ4n) is 7.00. The number of cyclic esters (lactones) is 1. The third-order valence-corrected chi connectivity index (χ3v) is 10.6. The first kappa shape index (κ1) is 38.7. The summed E-state index contributed by atoms with van der Waals surface area (Å²) < 4.78 is 52.5. The Balaban J connectivity index is 1.28. The van der Waals surface area contributed by atoms with Crippen LogP contribution >= 0.6 is 0 Å². The predicted octanol–water partition coefficient (Wildman–Crippen LogP) is 2.67. The van der Waals surface area contributed by atoms with Gasteiger partial charge in [-0.1, -0.05) is 19.9 Å². The number of aromatic nitrogens is 2. The van der Waals surface area contributed by atoms with Crippen LogP contribution in [-0.2, 0) is 65.7 Å². The van der Waals surface area contributed by atoms with Crippen molar-refractivity contribution in [1.29, 1.82) is 0 Å². The highest BCUT2D eigenvalue weighted by Crippen LogP contribution is 2.42. The van der Waals surface area contributed by atoms with Crippen molar-refractivity contribution in [2.75, 3.05) is 11.9 Å². The normalized spacial score (nSPS) is 16.3. The summed E-state index contributed by atoms with van der Waals surface area (Å²) in [4.78, 5) is 69.0. The number of carbonyl (C=O) groups is 4. The van der Waals surface area contributed by atoms with Crippen molar-refractivity contribution in [1.82, 2.24) is 14.9 Å². The molecule has 0 bridgehead atoms. The summed E-state index contributed by atoms with van der Waals surface area (Å²) in [6, 6.07) is 7.63. The predicted molar refractivity (Wildman–Crippen MR) is 194 cm³/mol. The lowest BCUT2D eigenvalue weighted by Gasteiger charge is -2.35. The molecule has 2 aliphatic heterocycles. The average Bonchev–Trinajstić information content (AvgIpc) is 3.50. The molecule has 6 rings (SSSR count). The minimum absolute atomic E-state index is 0.0677. The molecular formula is C36H38N6O12S. The Morgan fingerprint density at radius 1 is 1.11 bits per heavy atom. The molecule has 2 atom stereocenters. The summed E-state index contributed by atoms with van der Waals surface area (Å²) in [6.45, 7) is 2.71. The monoisotopic (exact) mass is 778 g/mol. The van der Waals surface area contributed by atoms with Crippen LogP contribution in [0.3, 0.4) is 0 Å². The van der Waals surface area contributed by atoms with E-state index >= 15 is 0 Å². The number of nitrogens with two attached hydrogens (primary N) is 2.